The number of hydrogen-bond acceptors (Lipinski definition) is 7. The lowest BCUT2D eigenvalue weighted by molar-refractivity contribution is 0.0651. The molecule has 0 aromatic carbocycles. The van der Waals surface area contributed by atoms with Gasteiger partial charge in [0.15, 0.2) is 0 Å². The fourth-order valence-corrected chi connectivity index (χ4v) is 5.64. The molecular formula is C23H40N6O. The van der Waals surface area contributed by atoms with E-state index in [1.165, 1.54) is 25.7 Å². The van der Waals surface area contributed by atoms with Crippen molar-refractivity contribution < 1.29 is 5.11 Å². The zero-order chi connectivity index (χ0) is 20.8. The van der Waals surface area contributed by atoms with Crippen molar-refractivity contribution in [1.29, 1.82) is 0 Å². The summed E-state index contributed by atoms with van der Waals surface area (Å²) in [6.45, 7) is 4.04. The average molecular weight is 417 g/mol. The molecule has 0 spiro atoms. The molecular weight excluding hydrogens is 376 g/mol. The maximum absolute atomic E-state index is 9.91. The monoisotopic (exact) mass is 416 g/mol. The Labute approximate surface area is 181 Å². The summed E-state index contributed by atoms with van der Waals surface area (Å²) < 4.78 is 0. The number of anilines is 2. The van der Waals surface area contributed by atoms with E-state index >= 15 is 0 Å². The molecule has 3 aliphatic rings. The summed E-state index contributed by atoms with van der Waals surface area (Å²) in [7, 11) is 0. The molecule has 4 rings (SSSR count). The summed E-state index contributed by atoms with van der Waals surface area (Å²) in [5.41, 5.74) is 5.86. The second kappa shape index (κ2) is 10.7. The van der Waals surface area contributed by atoms with E-state index in [4.69, 9.17) is 10.7 Å². The number of aliphatic hydroxyl groups is 1. The molecule has 0 bridgehead atoms. The molecule has 1 saturated carbocycles. The summed E-state index contributed by atoms with van der Waals surface area (Å²) in [6.07, 6.45) is 14.3. The molecule has 2 aliphatic heterocycles. The van der Waals surface area contributed by atoms with Gasteiger partial charge >= 0.3 is 0 Å². The van der Waals surface area contributed by atoms with Crippen LogP contribution in [0.5, 0.6) is 0 Å². The highest BCUT2D eigenvalue weighted by Crippen LogP contribution is 2.32. The number of likely N-dealkylation sites (tertiary alicyclic amines) is 1. The minimum atomic E-state index is -0.101. The Morgan fingerprint density at radius 1 is 1.03 bits per heavy atom. The maximum atomic E-state index is 9.91. The number of aliphatic hydroxyl groups excluding tert-OH is 1. The first kappa shape index (κ1) is 21.8. The van der Waals surface area contributed by atoms with Crippen LogP contribution in [-0.2, 0) is 0 Å². The molecule has 30 heavy (non-hydrogen) atoms. The van der Waals surface area contributed by atoms with Gasteiger partial charge in [-0.2, -0.15) is 4.98 Å². The number of nitrogens with zero attached hydrogens (tertiary/aromatic N) is 4. The number of nitrogens with two attached hydrogens (primary N) is 1. The SMILES string of the molecule is NCCCC1C(Nc2nccc(N3CCCCCC3)n2)CCN1C1CCC(O)CC1. The molecule has 2 unspecified atom stereocenters. The number of rotatable bonds is 7. The van der Waals surface area contributed by atoms with Crippen molar-refractivity contribution in [2.75, 3.05) is 36.4 Å². The van der Waals surface area contributed by atoms with E-state index in [0.29, 0.717) is 18.1 Å². The summed E-state index contributed by atoms with van der Waals surface area (Å²) in [5.74, 6) is 1.82. The lowest BCUT2D eigenvalue weighted by atomic mass is 9.91. The second-order valence-corrected chi connectivity index (χ2v) is 9.38. The van der Waals surface area contributed by atoms with Crippen molar-refractivity contribution in [2.45, 2.75) is 94.9 Å². The Kier molecular flexibility index (Phi) is 7.79. The third-order valence-electron chi connectivity index (χ3n) is 7.31. The summed E-state index contributed by atoms with van der Waals surface area (Å²) in [6, 6.07) is 3.48. The highest BCUT2D eigenvalue weighted by Gasteiger charge is 2.39. The van der Waals surface area contributed by atoms with E-state index in [1.807, 2.05) is 6.20 Å². The lowest BCUT2D eigenvalue weighted by Crippen LogP contribution is -2.46. The Hall–Kier alpha value is -1.44. The van der Waals surface area contributed by atoms with Gasteiger partial charge in [0.25, 0.3) is 0 Å². The van der Waals surface area contributed by atoms with Crippen LogP contribution in [0.3, 0.4) is 0 Å². The minimum Gasteiger partial charge on any atom is -0.393 e. The zero-order valence-electron chi connectivity index (χ0n) is 18.4. The van der Waals surface area contributed by atoms with E-state index in [-0.39, 0.29) is 6.10 Å². The van der Waals surface area contributed by atoms with E-state index in [9.17, 15) is 5.11 Å². The zero-order valence-corrected chi connectivity index (χ0v) is 18.4. The third kappa shape index (κ3) is 5.42. The van der Waals surface area contributed by atoms with Gasteiger partial charge < -0.3 is 21.1 Å². The Bertz CT molecular complexity index is 642. The van der Waals surface area contributed by atoms with Gasteiger partial charge in [-0.25, -0.2) is 4.98 Å². The van der Waals surface area contributed by atoms with Crippen LogP contribution in [0.15, 0.2) is 12.3 Å². The molecule has 7 heteroatoms. The standard InChI is InChI=1S/C23H40N6O/c24-13-5-6-21-20(12-17-29(21)18-7-9-19(30)10-8-18)26-23-25-14-11-22(27-23)28-15-3-1-2-4-16-28/h11,14,18-21,30H,1-10,12-13,15-17,24H2,(H,25,26,27). The van der Waals surface area contributed by atoms with E-state index in [0.717, 1.165) is 82.9 Å². The van der Waals surface area contributed by atoms with Crippen LogP contribution in [0.4, 0.5) is 11.8 Å². The molecule has 7 nitrogen and oxygen atoms in total. The molecule has 1 aliphatic carbocycles. The van der Waals surface area contributed by atoms with Gasteiger partial charge in [0.2, 0.25) is 5.95 Å². The molecule has 0 amide bonds. The topological polar surface area (TPSA) is 90.5 Å². The predicted molar refractivity (Wildman–Crippen MR) is 122 cm³/mol. The molecule has 2 atom stereocenters. The van der Waals surface area contributed by atoms with Crippen molar-refractivity contribution in [2.24, 2.45) is 5.73 Å². The van der Waals surface area contributed by atoms with Crippen LogP contribution in [0.1, 0.15) is 70.6 Å². The number of hydrogen-bond donors (Lipinski definition) is 3. The Morgan fingerprint density at radius 3 is 2.53 bits per heavy atom. The van der Waals surface area contributed by atoms with Gasteiger partial charge in [-0.05, 0) is 70.4 Å². The maximum Gasteiger partial charge on any atom is 0.224 e. The van der Waals surface area contributed by atoms with Crippen molar-refractivity contribution in [3.63, 3.8) is 0 Å². The van der Waals surface area contributed by atoms with Crippen LogP contribution in [-0.4, -0.2) is 70.4 Å². The van der Waals surface area contributed by atoms with Gasteiger partial charge in [0, 0.05) is 44.0 Å². The minimum absolute atomic E-state index is 0.101. The van der Waals surface area contributed by atoms with Crippen molar-refractivity contribution >= 4 is 11.8 Å². The van der Waals surface area contributed by atoms with Crippen molar-refractivity contribution in [3.05, 3.63) is 12.3 Å². The van der Waals surface area contributed by atoms with Crippen molar-refractivity contribution in [1.82, 2.24) is 14.9 Å². The van der Waals surface area contributed by atoms with E-state index in [1.54, 1.807) is 0 Å². The van der Waals surface area contributed by atoms with E-state index < -0.39 is 0 Å². The van der Waals surface area contributed by atoms with Crippen LogP contribution >= 0.6 is 0 Å². The summed E-state index contributed by atoms with van der Waals surface area (Å²) in [5, 5.41) is 13.6. The molecule has 1 aromatic heterocycles. The highest BCUT2D eigenvalue weighted by molar-refractivity contribution is 5.43. The largest absolute Gasteiger partial charge is 0.393 e. The Balaban J connectivity index is 1.42. The van der Waals surface area contributed by atoms with Crippen LogP contribution in [0.2, 0.25) is 0 Å². The van der Waals surface area contributed by atoms with E-state index in [2.05, 4.69) is 26.2 Å². The fourth-order valence-electron chi connectivity index (χ4n) is 5.64. The molecule has 168 valence electrons. The molecule has 4 N–H and O–H groups in total. The number of aromatic nitrogens is 2. The lowest BCUT2D eigenvalue weighted by Gasteiger charge is -2.38. The Morgan fingerprint density at radius 2 is 1.80 bits per heavy atom. The quantitative estimate of drug-likeness (QED) is 0.629. The summed E-state index contributed by atoms with van der Waals surface area (Å²) in [4.78, 5) is 14.6. The van der Waals surface area contributed by atoms with Gasteiger partial charge in [0.05, 0.1) is 6.10 Å². The molecule has 3 heterocycles. The first-order valence-corrected chi connectivity index (χ1v) is 12.2. The number of nitrogens with one attached hydrogen (secondary N) is 1. The average Bonchev–Trinajstić information content (AvgIpc) is 2.97. The molecule has 2 saturated heterocycles. The molecule has 3 fully saturated rings. The van der Waals surface area contributed by atoms with Crippen molar-refractivity contribution in [3.8, 4) is 0 Å². The smallest absolute Gasteiger partial charge is 0.224 e. The fraction of sp³-hybridized carbons (Fsp3) is 0.826. The predicted octanol–water partition coefficient (Wildman–Crippen LogP) is 2.75. The van der Waals surface area contributed by atoms with Crippen LogP contribution in [0, 0.1) is 0 Å². The highest BCUT2D eigenvalue weighted by atomic mass is 16.3. The van der Waals surface area contributed by atoms with Gasteiger partial charge in [0.1, 0.15) is 5.82 Å². The van der Waals surface area contributed by atoms with Gasteiger partial charge in [-0.3, -0.25) is 4.90 Å². The normalized spacial score (nSPS) is 30.9. The van der Waals surface area contributed by atoms with Gasteiger partial charge in [-0.1, -0.05) is 12.8 Å². The first-order valence-electron chi connectivity index (χ1n) is 12.2. The summed E-state index contributed by atoms with van der Waals surface area (Å²) >= 11 is 0. The molecule has 1 aromatic rings. The molecule has 0 radical (unpaired) electrons. The van der Waals surface area contributed by atoms with Crippen LogP contribution in [0.25, 0.3) is 0 Å². The third-order valence-corrected chi connectivity index (χ3v) is 7.31. The first-order chi connectivity index (χ1) is 14.7. The second-order valence-electron chi connectivity index (χ2n) is 9.38. The van der Waals surface area contributed by atoms with Crippen LogP contribution < -0.4 is 16.0 Å². The van der Waals surface area contributed by atoms with Gasteiger partial charge in [-0.15, -0.1) is 0 Å².